The molecule has 8 heteroatoms. The van der Waals surface area contributed by atoms with Gasteiger partial charge in [0.05, 0.1) is 19.9 Å². The normalized spacial score (nSPS) is 10.3. The van der Waals surface area contributed by atoms with E-state index in [4.69, 9.17) is 9.47 Å². The highest BCUT2D eigenvalue weighted by Gasteiger charge is 2.18. The maximum absolute atomic E-state index is 13.2. The van der Waals surface area contributed by atoms with Gasteiger partial charge in [-0.05, 0) is 24.3 Å². The van der Waals surface area contributed by atoms with Gasteiger partial charge >= 0.3 is 0 Å². The topological polar surface area (TPSA) is 67.9 Å². The van der Waals surface area contributed by atoms with Gasteiger partial charge in [0, 0.05) is 37.7 Å². The molecule has 2 amide bonds. The van der Waals surface area contributed by atoms with Crippen molar-refractivity contribution in [2.24, 2.45) is 0 Å². The van der Waals surface area contributed by atoms with Crippen molar-refractivity contribution in [3.05, 3.63) is 48.0 Å². The van der Waals surface area contributed by atoms with Crippen LogP contribution in [0.25, 0.3) is 0 Å². The van der Waals surface area contributed by atoms with E-state index in [2.05, 4.69) is 5.32 Å². The number of anilines is 2. The molecule has 2 aromatic rings. The summed E-state index contributed by atoms with van der Waals surface area (Å²) in [6, 6.07) is 8.04. The molecule has 2 aromatic carbocycles. The number of nitrogens with one attached hydrogen (secondary N) is 1. The maximum atomic E-state index is 13.2. The average molecular weight is 378 g/mol. The van der Waals surface area contributed by atoms with Crippen LogP contribution in [0.2, 0.25) is 0 Å². The van der Waals surface area contributed by atoms with E-state index in [-0.39, 0.29) is 24.6 Å². The Morgan fingerprint density at radius 1 is 1.04 bits per heavy atom. The summed E-state index contributed by atoms with van der Waals surface area (Å²) in [5.41, 5.74) is 0.627. The second kappa shape index (κ2) is 8.98. The van der Waals surface area contributed by atoms with Gasteiger partial charge in [0.1, 0.15) is 11.5 Å². The number of ether oxygens (including phenoxy) is 2. The van der Waals surface area contributed by atoms with E-state index in [0.29, 0.717) is 17.2 Å². The number of hydrogen-bond acceptors (Lipinski definition) is 4. The minimum Gasteiger partial charge on any atom is -0.497 e. The number of halogens is 2. The standard InChI is InChI=1S/C19H20F2N2O4/c1-12(24)23(17-7-5-14(26-2)11-18(17)27-3)9-8-19(25)22-13-4-6-15(20)16(21)10-13/h4-7,10-11H,8-9H2,1-3H3,(H,22,25). The second-order valence-electron chi connectivity index (χ2n) is 5.64. The summed E-state index contributed by atoms with van der Waals surface area (Å²) in [6.45, 7) is 1.45. The molecule has 0 fully saturated rings. The lowest BCUT2D eigenvalue weighted by Gasteiger charge is -2.23. The fourth-order valence-corrected chi connectivity index (χ4v) is 2.47. The lowest BCUT2D eigenvalue weighted by Crippen LogP contribution is -2.32. The lowest BCUT2D eigenvalue weighted by atomic mass is 10.2. The van der Waals surface area contributed by atoms with Gasteiger partial charge in [-0.3, -0.25) is 9.59 Å². The van der Waals surface area contributed by atoms with Crippen LogP contribution in [-0.4, -0.2) is 32.6 Å². The van der Waals surface area contributed by atoms with Crippen molar-refractivity contribution in [3.8, 4) is 11.5 Å². The molecule has 0 bridgehead atoms. The molecule has 0 aliphatic rings. The summed E-state index contributed by atoms with van der Waals surface area (Å²) < 4.78 is 36.6. The van der Waals surface area contributed by atoms with Crippen LogP contribution in [0.3, 0.4) is 0 Å². The van der Waals surface area contributed by atoms with Crippen molar-refractivity contribution in [3.63, 3.8) is 0 Å². The van der Waals surface area contributed by atoms with Crippen molar-refractivity contribution in [1.82, 2.24) is 0 Å². The largest absolute Gasteiger partial charge is 0.497 e. The van der Waals surface area contributed by atoms with Gasteiger partial charge in [0.25, 0.3) is 0 Å². The summed E-state index contributed by atoms with van der Waals surface area (Å²) in [4.78, 5) is 25.5. The van der Waals surface area contributed by atoms with Gasteiger partial charge < -0.3 is 19.7 Å². The Balaban J connectivity index is 2.09. The Morgan fingerprint density at radius 3 is 2.37 bits per heavy atom. The van der Waals surface area contributed by atoms with Crippen molar-refractivity contribution < 1.29 is 27.8 Å². The molecule has 2 rings (SSSR count). The third kappa shape index (κ3) is 5.16. The fraction of sp³-hybridized carbons (Fsp3) is 0.263. The van der Waals surface area contributed by atoms with E-state index < -0.39 is 17.5 Å². The van der Waals surface area contributed by atoms with Gasteiger partial charge in [0.2, 0.25) is 11.8 Å². The quantitative estimate of drug-likeness (QED) is 0.802. The molecular formula is C19H20F2N2O4. The first-order valence-corrected chi connectivity index (χ1v) is 8.10. The Bertz CT molecular complexity index is 842. The van der Waals surface area contributed by atoms with E-state index in [1.807, 2.05) is 0 Å². The third-order valence-electron chi connectivity index (χ3n) is 3.82. The monoisotopic (exact) mass is 378 g/mol. The molecule has 0 radical (unpaired) electrons. The van der Waals surface area contributed by atoms with Crippen LogP contribution in [0.5, 0.6) is 11.5 Å². The van der Waals surface area contributed by atoms with Gasteiger partial charge in [0.15, 0.2) is 11.6 Å². The molecule has 27 heavy (non-hydrogen) atoms. The van der Waals surface area contributed by atoms with Gasteiger partial charge in [-0.25, -0.2) is 8.78 Å². The first-order valence-electron chi connectivity index (χ1n) is 8.10. The van der Waals surface area contributed by atoms with Crippen LogP contribution in [0.15, 0.2) is 36.4 Å². The molecule has 0 heterocycles. The smallest absolute Gasteiger partial charge is 0.226 e. The Kier molecular flexibility index (Phi) is 6.70. The lowest BCUT2D eigenvalue weighted by molar-refractivity contribution is -0.117. The Hall–Kier alpha value is -3.16. The summed E-state index contributed by atoms with van der Waals surface area (Å²) in [5, 5.41) is 2.47. The predicted molar refractivity (Wildman–Crippen MR) is 97.2 cm³/mol. The van der Waals surface area contributed by atoms with Crippen LogP contribution in [0, 0.1) is 11.6 Å². The van der Waals surface area contributed by atoms with E-state index in [0.717, 1.165) is 12.1 Å². The average Bonchev–Trinajstić information content (AvgIpc) is 2.64. The van der Waals surface area contributed by atoms with Gasteiger partial charge in [-0.15, -0.1) is 0 Å². The van der Waals surface area contributed by atoms with Gasteiger partial charge in [-0.2, -0.15) is 0 Å². The number of carbonyl (C=O) groups is 2. The van der Waals surface area contributed by atoms with Crippen LogP contribution in [-0.2, 0) is 9.59 Å². The molecule has 0 atom stereocenters. The van der Waals surface area contributed by atoms with Crippen molar-refractivity contribution in [1.29, 1.82) is 0 Å². The first kappa shape index (κ1) is 20.2. The zero-order valence-electron chi connectivity index (χ0n) is 15.2. The van der Waals surface area contributed by atoms with Crippen molar-refractivity contribution >= 4 is 23.2 Å². The third-order valence-corrected chi connectivity index (χ3v) is 3.82. The molecule has 0 spiro atoms. The summed E-state index contributed by atoms with van der Waals surface area (Å²) in [7, 11) is 2.98. The zero-order chi connectivity index (χ0) is 20.0. The van der Waals surface area contributed by atoms with Crippen LogP contribution in [0.4, 0.5) is 20.2 Å². The van der Waals surface area contributed by atoms with E-state index in [1.165, 1.54) is 32.1 Å². The molecule has 0 aliphatic heterocycles. The number of hydrogen-bond donors (Lipinski definition) is 1. The number of rotatable bonds is 7. The molecular weight excluding hydrogens is 358 g/mol. The minimum atomic E-state index is -1.05. The number of carbonyl (C=O) groups excluding carboxylic acids is 2. The summed E-state index contributed by atoms with van der Waals surface area (Å²) >= 11 is 0. The molecule has 0 saturated heterocycles. The molecule has 0 saturated carbocycles. The predicted octanol–water partition coefficient (Wildman–Crippen LogP) is 3.36. The van der Waals surface area contributed by atoms with E-state index in [1.54, 1.807) is 18.2 Å². The van der Waals surface area contributed by atoms with Gasteiger partial charge in [-0.1, -0.05) is 0 Å². The fourth-order valence-electron chi connectivity index (χ4n) is 2.47. The molecule has 0 aliphatic carbocycles. The number of nitrogens with zero attached hydrogens (tertiary/aromatic N) is 1. The minimum absolute atomic E-state index is 0.0479. The van der Waals surface area contributed by atoms with Crippen LogP contribution < -0.4 is 19.7 Å². The molecule has 144 valence electrons. The summed E-state index contributed by atoms with van der Waals surface area (Å²) in [6.07, 6.45) is -0.0479. The van der Waals surface area contributed by atoms with E-state index in [9.17, 15) is 18.4 Å². The van der Waals surface area contributed by atoms with Crippen molar-refractivity contribution in [2.45, 2.75) is 13.3 Å². The molecule has 0 unspecified atom stereocenters. The second-order valence-corrected chi connectivity index (χ2v) is 5.64. The highest BCUT2D eigenvalue weighted by atomic mass is 19.2. The highest BCUT2D eigenvalue weighted by Crippen LogP contribution is 2.32. The Labute approximate surface area is 155 Å². The van der Waals surface area contributed by atoms with Crippen molar-refractivity contribution in [2.75, 3.05) is 31.0 Å². The van der Waals surface area contributed by atoms with Crippen LogP contribution >= 0.6 is 0 Å². The SMILES string of the molecule is COc1ccc(N(CCC(=O)Nc2ccc(F)c(F)c2)C(C)=O)c(OC)c1. The molecule has 1 N–H and O–H groups in total. The number of methoxy groups -OCH3 is 2. The molecule has 0 aromatic heterocycles. The maximum Gasteiger partial charge on any atom is 0.226 e. The highest BCUT2D eigenvalue weighted by molar-refractivity contribution is 5.95. The first-order chi connectivity index (χ1) is 12.8. The number of benzene rings is 2. The molecule has 6 nitrogen and oxygen atoms in total. The zero-order valence-corrected chi connectivity index (χ0v) is 15.2. The summed E-state index contributed by atoms with van der Waals surface area (Å²) in [5.74, 6) is -1.79. The van der Waals surface area contributed by atoms with E-state index >= 15 is 0 Å². The number of amides is 2. The Morgan fingerprint density at radius 2 is 1.78 bits per heavy atom. The van der Waals surface area contributed by atoms with Crippen LogP contribution in [0.1, 0.15) is 13.3 Å².